The number of aromatic nitrogens is 1. The molecule has 1 aromatic heterocycles. The maximum atomic E-state index is 13.0. The number of amides is 2. The van der Waals surface area contributed by atoms with Gasteiger partial charge in [0.1, 0.15) is 0 Å². The average molecular weight is 389 g/mol. The Balaban J connectivity index is 1.59. The first kappa shape index (κ1) is 18.9. The van der Waals surface area contributed by atoms with Gasteiger partial charge in [-0.1, -0.05) is 24.3 Å². The molecule has 6 heteroatoms. The summed E-state index contributed by atoms with van der Waals surface area (Å²) < 4.78 is 5.24. The fourth-order valence-corrected chi connectivity index (χ4v) is 3.65. The van der Waals surface area contributed by atoms with Crippen LogP contribution in [0.5, 0.6) is 5.88 Å². The van der Waals surface area contributed by atoms with Crippen molar-refractivity contribution in [2.24, 2.45) is 0 Å². The van der Waals surface area contributed by atoms with Gasteiger partial charge in [0.2, 0.25) is 5.88 Å². The normalized spacial score (nSPS) is 13.9. The Hall–Kier alpha value is -3.41. The van der Waals surface area contributed by atoms with E-state index in [1.54, 1.807) is 30.3 Å². The second kappa shape index (κ2) is 8.31. The van der Waals surface area contributed by atoms with Gasteiger partial charge in [0.15, 0.2) is 0 Å². The smallest absolute Gasteiger partial charge is 0.256 e. The van der Waals surface area contributed by atoms with Crippen molar-refractivity contribution in [1.29, 1.82) is 0 Å². The molecule has 0 bridgehead atoms. The van der Waals surface area contributed by atoms with E-state index in [0.717, 1.165) is 31.3 Å². The molecule has 1 saturated heterocycles. The molecule has 2 aromatic carbocycles. The van der Waals surface area contributed by atoms with Gasteiger partial charge in [-0.25, -0.2) is 4.98 Å². The van der Waals surface area contributed by atoms with Crippen molar-refractivity contribution in [3.63, 3.8) is 0 Å². The van der Waals surface area contributed by atoms with E-state index in [2.05, 4.69) is 10.3 Å². The monoisotopic (exact) mass is 389 g/mol. The molecule has 0 spiro atoms. The van der Waals surface area contributed by atoms with Crippen LogP contribution in [0.25, 0.3) is 10.9 Å². The third kappa shape index (κ3) is 4.06. The highest BCUT2D eigenvalue weighted by Gasteiger charge is 2.19. The molecule has 0 unspecified atom stereocenters. The van der Waals surface area contributed by atoms with Gasteiger partial charge in [-0.2, -0.15) is 0 Å². The van der Waals surface area contributed by atoms with E-state index >= 15 is 0 Å². The predicted octanol–water partition coefficient (Wildman–Crippen LogP) is 4.12. The quantitative estimate of drug-likeness (QED) is 0.729. The van der Waals surface area contributed by atoms with Crippen LogP contribution in [0.15, 0.2) is 54.6 Å². The van der Waals surface area contributed by atoms with Crippen LogP contribution in [0.1, 0.15) is 40.0 Å². The van der Waals surface area contributed by atoms with Crippen molar-refractivity contribution in [2.75, 3.05) is 25.5 Å². The number of hydrogen-bond acceptors (Lipinski definition) is 4. The minimum absolute atomic E-state index is 0.0110. The number of piperidine rings is 1. The van der Waals surface area contributed by atoms with Gasteiger partial charge >= 0.3 is 0 Å². The third-order valence-corrected chi connectivity index (χ3v) is 5.16. The van der Waals surface area contributed by atoms with E-state index in [4.69, 9.17) is 4.74 Å². The zero-order chi connectivity index (χ0) is 20.2. The minimum Gasteiger partial charge on any atom is -0.481 e. The number of likely N-dealkylation sites (tertiary alicyclic amines) is 1. The highest BCUT2D eigenvalue weighted by Crippen LogP contribution is 2.23. The van der Waals surface area contributed by atoms with Gasteiger partial charge in [-0.15, -0.1) is 0 Å². The zero-order valence-electron chi connectivity index (χ0n) is 16.4. The van der Waals surface area contributed by atoms with Crippen molar-refractivity contribution in [2.45, 2.75) is 19.3 Å². The molecule has 29 heavy (non-hydrogen) atoms. The molecule has 1 aliphatic rings. The summed E-state index contributed by atoms with van der Waals surface area (Å²) >= 11 is 0. The third-order valence-electron chi connectivity index (χ3n) is 5.16. The number of methoxy groups -OCH3 is 1. The summed E-state index contributed by atoms with van der Waals surface area (Å²) in [4.78, 5) is 32.0. The van der Waals surface area contributed by atoms with Crippen molar-refractivity contribution < 1.29 is 14.3 Å². The first-order valence-electron chi connectivity index (χ1n) is 9.80. The molecule has 0 radical (unpaired) electrons. The summed E-state index contributed by atoms with van der Waals surface area (Å²) in [7, 11) is 1.52. The van der Waals surface area contributed by atoms with E-state index in [0.29, 0.717) is 28.2 Å². The van der Waals surface area contributed by atoms with Crippen molar-refractivity contribution in [3.8, 4) is 5.88 Å². The molecule has 2 heterocycles. The Kier molecular flexibility index (Phi) is 5.42. The van der Waals surface area contributed by atoms with E-state index < -0.39 is 0 Å². The molecule has 1 fully saturated rings. The van der Waals surface area contributed by atoms with Gasteiger partial charge in [0, 0.05) is 35.8 Å². The van der Waals surface area contributed by atoms with E-state index in [1.807, 2.05) is 29.2 Å². The summed E-state index contributed by atoms with van der Waals surface area (Å²) in [6, 6.07) is 16.1. The van der Waals surface area contributed by atoms with Crippen molar-refractivity contribution >= 4 is 28.4 Å². The first-order chi connectivity index (χ1) is 14.2. The lowest BCUT2D eigenvalue weighted by Gasteiger charge is -2.26. The number of nitrogens with one attached hydrogen (secondary N) is 1. The summed E-state index contributed by atoms with van der Waals surface area (Å²) in [5, 5.41) is 3.65. The molecular weight excluding hydrogens is 366 g/mol. The maximum absolute atomic E-state index is 13.0. The Morgan fingerprint density at radius 2 is 1.79 bits per heavy atom. The van der Waals surface area contributed by atoms with Crippen LogP contribution in [0.2, 0.25) is 0 Å². The molecule has 3 aromatic rings. The predicted molar refractivity (Wildman–Crippen MR) is 112 cm³/mol. The standard InChI is InChI=1S/C23H23N3O3/c1-29-21-15-19(18-10-3-4-11-20(18)25-21)22(27)24-17-9-7-8-16(14-17)23(28)26-12-5-2-6-13-26/h3-4,7-11,14-15H,2,5-6,12-13H2,1H3,(H,24,27). The molecule has 6 nitrogen and oxygen atoms in total. The van der Waals surface area contributed by atoms with Gasteiger partial charge in [-0.05, 0) is 43.5 Å². The molecule has 1 N–H and O–H groups in total. The largest absolute Gasteiger partial charge is 0.481 e. The van der Waals surface area contributed by atoms with Crippen molar-refractivity contribution in [3.05, 3.63) is 65.7 Å². The van der Waals surface area contributed by atoms with Gasteiger partial charge < -0.3 is 15.0 Å². The fourth-order valence-electron chi connectivity index (χ4n) is 3.65. The molecule has 2 amide bonds. The Morgan fingerprint density at radius 3 is 2.59 bits per heavy atom. The number of benzene rings is 2. The SMILES string of the molecule is COc1cc(C(=O)Nc2cccc(C(=O)N3CCCCC3)c2)c2ccccc2n1. The molecule has 0 saturated carbocycles. The second-order valence-electron chi connectivity index (χ2n) is 7.12. The second-order valence-corrected chi connectivity index (χ2v) is 7.12. The lowest BCUT2D eigenvalue weighted by Crippen LogP contribution is -2.35. The minimum atomic E-state index is -0.274. The van der Waals surface area contributed by atoms with E-state index in [9.17, 15) is 9.59 Å². The van der Waals surface area contributed by atoms with Crippen LogP contribution in [0, 0.1) is 0 Å². The number of fused-ring (bicyclic) bond motifs is 1. The van der Waals surface area contributed by atoms with Crippen LogP contribution < -0.4 is 10.1 Å². The van der Waals surface area contributed by atoms with Crippen LogP contribution in [-0.4, -0.2) is 41.9 Å². The number of anilines is 1. The van der Waals surface area contributed by atoms with Gasteiger partial charge in [-0.3, -0.25) is 9.59 Å². The number of nitrogens with zero attached hydrogens (tertiary/aromatic N) is 2. The number of carbonyl (C=O) groups excluding carboxylic acids is 2. The van der Waals surface area contributed by atoms with E-state index in [1.165, 1.54) is 13.5 Å². The van der Waals surface area contributed by atoms with Gasteiger partial charge in [0.05, 0.1) is 18.2 Å². The number of carbonyl (C=O) groups is 2. The molecule has 1 aliphatic heterocycles. The molecule has 4 rings (SSSR count). The first-order valence-corrected chi connectivity index (χ1v) is 9.80. The average Bonchev–Trinajstić information content (AvgIpc) is 2.78. The van der Waals surface area contributed by atoms with Crippen LogP contribution in [0.3, 0.4) is 0 Å². The Labute approximate surface area is 169 Å². The topological polar surface area (TPSA) is 71.5 Å². The summed E-state index contributed by atoms with van der Waals surface area (Å²) in [6.07, 6.45) is 3.25. The van der Waals surface area contributed by atoms with Crippen LogP contribution in [0.4, 0.5) is 5.69 Å². The summed E-state index contributed by atoms with van der Waals surface area (Å²) in [5.74, 6) is 0.115. The van der Waals surface area contributed by atoms with Gasteiger partial charge in [0.25, 0.3) is 11.8 Å². The Bertz CT molecular complexity index is 1060. The van der Waals surface area contributed by atoms with Crippen molar-refractivity contribution in [1.82, 2.24) is 9.88 Å². The zero-order valence-corrected chi connectivity index (χ0v) is 16.4. The Morgan fingerprint density at radius 1 is 1.00 bits per heavy atom. The molecular formula is C23H23N3O3. The lowest BCUT2D eigenvalue weighted by atomic mass is 10.1. The molecule has 0 atom stereocenters. The van der Waals surface area contributed by atoms with E-state index in [-0.39, 0.29) is 11.8 Å². The fraction of sp³-hybridized carbons (Fsp3) is 0.261. The maximum Gasteiger partial charge on any atom is 0.256 e. The number of ether oxygens (including phenoxy) is 1. The number of rotatable bonds is 4. The number of pyridine rings is 1. The summed E-state index contributed by atoms with van der Waals surface area (Å²) in [6.45, 7) is 1.58. The highest BCUT2D eigenvalue weighted by molar-refractivity contribution is 6.12. The number of hydrogen-bond donors (Lipinski definition) is 1. The molecule has 0 aliphatic carbocycles. The lowest BCUT2D eigenvalue weighted by molar-refractivity contribution is 0.0724. The highest BCUT2D eigenvalue weighted by atomic mass is 16.5. The van der Waals surface area contributed by atoms with Crippen LogP contribution in [-0.2, 0) is 0 Å². The van der Waals surface area contributed by atoms with Crippen LogP contribution >= 0.6 is 0 Å². The molecule has 148 valence electrons. The number of para-hydroxylation sites is 1. The summed E-state index contributed by atoms with van der Waals surface area (Å²) in [5.41, 5.74) is 2.32.